The Morgan fingerprint density at radius 3 is 2.36 bits per heavy atom. The maximum atomic E-state index is 4.57. The van der Waals surface area contributed by atoms with Gasteiger partial charge in [-0.3, -0.25) is 0 Å². The molecule has 0 spiro atoms. The van der Waals surface area contributed by atoms with Gasteiger partial charge >= 0.3 is 0 Å². The summed E-state index contributed by atoms with van der Waals surface area (Å²) in [5, 5.41) is 0. The van der Waals surface area contributed by atoms with E-state index in [2.05, 4.69) is 84.2 Å². The van der Waals surface area contributed by atoms with E-state index in [9.17, 15) is 0 Å². The van der Waals surface area contributed by atoms with Gasteiger partial charge in [-0.15, -0.1) is 0 Å². The van der Waals surface area contributed by atoms with E-state index < -0.39 is 0 Å². The average molecular weight is 477 g/mol. The maximum Gasteiger partial charge on any atom is 0.00454 e. The van der Waals surface area contributed by atoms with E-state index >= 15 is 0 Å². The number of fused-ring (bicyclic) bond motifs is 2. The molecule has 2 aromatic carbocycles. The van der Waals surface area contributed by atoms with Crippen molar-refractivity contribution in [3.05, 3.63) is 88.0 Å². The van der Waals surface area contributed by atoms with Gasteiger partial charge in [0.15, 0.2) is 0 Å². The summed E-state index contributed by atoms with van der Waals surface area (Å²) in [4.78, 5) is 0. The van der Waals surface area contributed by atoms with Gasteiger partial charge in [0.1, 0.15) is 0 Å². The van der Waals surface area contributed by atoms with Gasteiger partial charge in [0.25, 0.3) is 0 Å². The molecule has 188 valence electrons. The summed E-state index contributed by atoms with van der Waals surface area (Å²) < 4.78 is 0. The van der Waals surface area contributed by atoms with E-state index in [1.54, 1.807) is 11.1 Å². The van der Waals surface area contributed by atoms with E-state index in [0.29, 0.717) is 23.2 Å². The minimum Gasteiger partial charge on any atom is -0.0989 e. The first-order valence-electron chi connectivity index (χ1n) is 14.5. The standard InChI is InChI=1S/C36H44/c1-21-15-23(3)30(20-27-12-9-8-11-22(27)2)33(16-21)29-14-10-13-28-17-26(19-32(28)29)18-31-24(4)34-35(25(31)5)36(34,6)7/h10,13-17,22,27,31,34-35H,4-5,8-9,11-12,18-20H2,1-3,6-7H3/t22?,27-,31?,34?,35?/m0/s1. The molecule has 3 unspecified atom stereocenters. The molecule has 6 rings (SSSR count). The molecule has 0 nitrogen and oxygen atoms in total. The summed E-state index contributed by atoms with van der Waals surface area (Å²) in [5.74, 6) is 3.46. The zero-order valence-electron chi connectivity index (χ0n) is 23.2. The van der Waals surface area contributed by atoms with Crippen LogP contribution in [0, 0.1) is 48.9 Å². The van der Waals surface area contributed by atoms with Crippen molar-refractivity contribution in [1.82, 2.24) is 0 Å². The normalized spacial score (nSPS) is 30.2. The van der Waals surface area contributed by atoms with Gasteiger partial charge in [-0.2, -0.15) is 0 Å². The number of hydrogen-bond donors (Lipinski definition) is 0. The van der Waals surface area contributed by atoms with Crippen LogP contribution in [0.15, 0.2) is 60.2 Å². The van der Waals surface area contributed by atoms with Gasteiger partial charge in [0.05, 0.1) is 0 Å². The maximum absolute atomic E-state index is 4.57. The van der Waals surface area contributed by atoms with Crippen LogP contribution in [0.2, 0.25) is 0 Å². The molecule has 4 aliphatic carbocycles. The highest BCUT2D eigenvalue weighted by molar-refractivity contribution is 5.80. The van der Waals surface area contributed by atoms with Crippen LogP contribution in [0.5, 0.6) is 0 Å². The third-order valence-electron chi connectivity index (χ3n) is 10.6. The van der Waals surface area contributed by atoms with E-state index in [1.807, 2.05) is 0 Å². The number of allylic oxidation sites excluding steroid dienone is 3. The predicted octanol–water partition coefficient (Wildman–Crippen LogP) is 9.68. The third-order valence-corrected chi connectivity index (χ3v) is 10.6. The zero-order valence-corrected chi connectivity index (χ0v) is 23.2. The molecule has 0 heteroatoms. The average Bonchev–Trinajstić information content (AvgIpc) is 3.08. The Hall–Kier alpha value is -2.34. The fourth-order valence-electron chi connectivity index (χ4n) is 8.50. The summed E-state index contributed by atoms with van der Waals surface area (Å²) in [6, 6.07) is 11.9. The topological polar surface area (TPSA) is 0 Å². The van der Waals surface area contributed by atoms with Gasteiger partial charge in [-0.25, -0.2) is 0 Å². The Kier molecular flexibility index (Phi) is 5.75. The quantitative estimate of drug-likeness (QED) is 0.377. The Labute approximate surface area is 219 Å². The highest BCUT2D eigenvalue weighted by Gasteiger charge is 2.65. The molecule has 0 aromatic heterocycles. The van der Waals surface area contributed by atoms with Crippen molar-refractivity contribution < 1.29 is 0 Å². The molecular weight excluding hydrogens is 432 g/mol. The van der Waals surface area contributed by atoms with Crippen LogP contribution in [0.25, 0.3) is 17.2 Å². The van der Waals surface area contributed by atoms with Gasteiger partial charge in [-0.1, -0.05) is 112 Å². The monoisotopic (exact) mass is 476 g/mol. The van der Waals surface area contributed by atoms with Crippen LogP contribution < -0.4 is 0 Å². The molecular formula is C36H44. The second-order valence-electron chi connectivity index (χ2n) is 13.4. The molecule has 0 amide bonds. The van der Waals surface area contributed by atoms with Crippen molar-refractivity contribution in [2.75, 3.05) is 0 Å². The number of hydrogen-bond acceptors (Lipinski definition) is 0. The summed E-state index contributed by atoms with van der Waals surface area (Å²) in [5.41, 5.74) is 15.2. The summed E-state index contributed by atoms with van der Waals surface area (Å²) in [6.07, 6.45) is 11.5. The van der Waals surface area contributed by atoms with Crippen molar-refractivity contribution >= 4 is 6.08 Å². The summed E-state index contributed by atoms with van der Waals surface area (Å²) in [6.45, 7) is 21.0. The van der Waals surface area contributed by atoms with Crippen LogP contribution in [0.3, 0.4) is 0 Å². The molecule has 0 N–H and O–H groups in total. The van der Waals surface area contributed by atoms with E-state index in [1.165, 1.54) is 76.6 Å². The number of rotatable bonds is 5. The lowest BCUT2D eigenvalue weighted by Crippen LogP contribution is -2.19. The lowest BCUT2D eigenvalue weighted by Gasteiger charge is -2.30. The third kappa shape index (κ3) is 3.79. The van der Waals surface area contributed by atoms with Crippen LogP contribution >= 0.6 is 0 Å². The first-order valence-corrected chi connectivity index (χ1v) is 14.5. The predicted molar refractivity (Wildman–Crippen MR) is 155 cm³/mol. The highest BCUT2D eigenvalue weighted by Crippen LogP contribution is 2.72. The zero-order chi connectivity index (χ0) is 25.4. The highest BCUT2D eigenvalue weighted by atomic mass is 14.7. The number of aryl methyl sites for hydroxylation is 2. The van der Waals surface area contributed by atoms with E-state index in [4.69, 9.17) is 0 Å². The second kappa shape index (κ2) is 8.61. The first-order chi connectivity index (χ1) is 17.2. The Bertz CT molecular complexity index is 1260. The lowest BCUT2D eigenvalue weighted by molar-refractivity contribution is 0.254. The van der Waals surface area contributed by atoms with E-state index in [0.717, 1.165) is 24.7 Å². The Balaban J connectivity index is 1.29. The van der Waals surface area contributed by atoms with Crippen molar-refractivity contribution in [1.29, 1.82) is 0 Å². The second-order valence-corrected chi connectivity index (χ2v) is 13.4. The Morgan fingerprint density at radius 1 is 0.917 bits per heavy atom. The van der Waals surface area contributed by atoms with Crippen LogP contribution in [-0.2, 0) is 12.8 Å². The SMILES string of the molecule is C=C1C(CC2=Cc3cccc(-c4cc(C)cc(C)c4C[C@@H]4CCCCC4C)c3C2)C(=C)C2C1C2(C)C. The van der Waals surface area contributed by atoms with Gasteiger partial charge < -0.3 is 0 Å². The largest absolute Gasteiger partial charge is 0.0989 e. The minimum absolute atomic E-state index is 0.389. The van der Waals surface area contributed by atoms with Crippen molar-refractivity contribution in [2.45, 2.75) is 79.6 Å². The van der Waals surface area contributed by atoms with E-state index in [-0.39, 0.29) is 0 Å². The van der Waals surface area contributed by atoms with Crippen LogP contribution in [0.1, 0.15) is 80.7 Å². The van der Waals surface area contributed by atoms with Crippen LogP contribution in [-0.4, -0.2) is 0 Å². The molecule has 0 bridgehead atoms. The van der Waals surface area contributed by atoms with Crippen molar-refractivity contribution in [2.24, 2.45) is 35.0 Å². The molecule has 4 atom stereocenters. The van der Waals surface area contributed by atoms with Crippen LogP contribution in [0.4, 0.5) is 0 Å². The number of benzene rings is 2. The molecule has 3 fully saturated rings. The Morgan fingerprint density at radius 2 is 1.64 bits per heavy atom. The molecule has 2 aromatic rings. The molecule has 36 heavy (non-hydrogen) atoms. The fourth-order valence-corrected chi connectivity index (χ4v) is 8.50. The summed E-state index contributed by atoms with van der Waals surface area (Å²) in [7, 11) is 0. The van der Waals surface area contributed by atoms with Gasteiger partial charge in [0, 0.05) is 5.92 Å². The summed E-state index contributed by atoms with van der Waals surface area (Å²) >= 11 is 0. The molecule has 4 aliphatic rings. The molecule has 0 aliphatic heterocycles. The minimum atomic E-state index is 0.389. The smallest absolute Gasteiger partial charge is 0.00454 e. The molecule has 3 saturated carbocycles. The van der Waals surface area contributed by atoms with Crippen molar-refractivity contribution in [3.63, 3.8) is 0 Å². The first kappa shape index (κ1) is 24.0. The lowest BCUT2D eigenvalue weighted by atomic mass is 9.75. The van der Waals surface area contributed by atoms with Crippen molar-refractivity contribution in [3.8, 4) is 11.1 Å². The fraction of sp³-hybridized carbons (Fsp3) is 0.500. The molecule has 0 radical (unpaired) electrons. The van der Waals surface area contributed by atoms with Gasteiger partial charge in [-0.05, 0) is 102 Å². The van der Waals surface area contributed by atoms with Gasteiger partial charge in [0.2, 0.25) is 0 Å². The molecule has 0 saturated heterocycles. The molecule has 0 heterocycles.